The Labute approximate surface area is 266 Å². The van der Waals surface area contributed by atoms with Crippen molar-refractivity contribution in [2.45, 2.75) is 0 Å². The fourth-order valence-corrected chi connectivity index (χ4v) is 7.22. The molecule has 7 aromatic carbocycles. The van der Waals surface area contributed by atoms with Crippen LogP contribution in [0.2, 0.25) is 0 Å². The molecule has 0 unspecified atom stereocenters. The highest BCUT2D eigenvalue weighted by Crippen LogP contribution is 2.44. The minimum atomic E-state index is 0.646. The van der Waals surface area contributed by atoms with Gasteiger partial charge in [0.25, 0.3) is 0 Å². The number of nitriles is 1. The summed E-state index contributed by atoms with van der Waals surface area (Å²) >= 11 is 0. The molecular formula is C43H27N3. The Morgan fingerprint density at radius 1 is 0.435 bits per heavy atom. The van der Waals surface area contributed by atoms with Gasteiger partial charge < -0.3 is 9.13 Å². The van der Waals surface area contributed by atoms with Crippen molar-refractivity contribution < 1.29 is 0 Å². The van der Waals surface area contributed by atoms with Gasteiger partial charge in [0.2, 0.25) is 0 Å². The van der Waals surface area contributed by atoms with E-state index in [9.17, 15) is 5.26 Å². The molecule has 0 spiro atoms. The monoisotopic (exact) mass is 585 g/mol. The molecule has 2 aromatic heterocycles. The zero-order valence-electron chi connectivity index (χ0n) is 24.9. The van der Waals surface area contributed by atoms with E-state index in [4.69, 9.17) is 0 Å². The fourth-order valence-electron chi connectivity index (χ4n) is 7.22. The van der Waals surface area contributed by atoms with Gasteiger partial charge in [-0.15, -0.1) is 0 Å². The third-order valence-electron chi connectivity index (χ3n) is 9.15. The van der Waals surface area contributed by atoms with E-state index >= 15 is 0 Å². The standard InChI is InChI=1S/C43H27N3/c44-28-29-23-24-32(37(27-29)30-13-3-1-4-14-30)33-17-7-10-20-38(33)46-39-21-11-8-18-34(39)35-25-26-41-42(43(35)46)36-19-9-12-22-40(36)45(41)31-15-5-2-6-16-31/h1-27H. The van der Waals surface area contributed by atoms with Crippen molar-refractivity contribution in [3.05, 3.63) is 169 Å². The molecule has 0 bridgehead atoms. The normalized spacial score (nSPS) is 11.5. The third-order valence-corrected chi connectivity index (χ3v) is 9.15. The molecule has 46 heavy (non-hydrogen) atoms. The number of para-hydroxylation sites is 4. The highest BCUT2D eigenvalue weighted by Gasteiger charge is 2.22. The van der Waals surface area contributed by atoms with Crippen LogP contribution in [0.5, 0.6) is 0 Å². The van der Waals surface area contributed by atoms with Crippen LogP contribution in [0.25, 0.3) is 77.2 Å². The highest BCUT2D eigenvalue weighted by molar-refractivity contribution is 6.26. The summed E-state index contributed by atoms with van der Waals surface area (Å²) in [5.41, 5.74) is 11.9. The molecule has 0 saturated carbocycles. The van der Waals surface area contributed by atoms with Crippen LogP contribution in [0.1, 0.15) is 5.56 Å². The van der Waals surface area contributed by atoms with E-state index in [2.05, 4.69) is 161 Å². The molecule has 9 rings (SSSR count). The second-order valence-corrected chi connectivity index (χ2v) is 11.7. The first-order chi connectivity index (χ1) is 22.8. The molecule has 214 valence electrons. The summed E-state index contributed by atoms with van der Waals surface area (Å²) < 4.78 is 4.84. The molecule has 0 radical (unpaired) electrons. The van der Waals surface area contributed by atoms with Gasteiger partial charge in [-0.2, -0.15) is 5.26 Å². The van der Waals surface area contributed by atoms with Crippen molar-refractivity contribution in [2.24, 2.45) is 0 Å². The predicted octanol–water partition coefficient (Wildman–Crippen LogP) is 11.1. The Bertz CT molecular complexity index is 2630. The van der Waals surface area contributed by atoms with Gasteiger partial charge in [0.1, 0.15) is 0 Å². The summed E-state index contributed by atoms with van der Waals surface area (Å²) in [4.78, 5) is 0. The van der Waals surface area contributed by atoms with Crippen LogP contribution in [0.3, 0.4) is 0 Å². The first kappa shape index (κ1) is 26.1. The molecule has 2 heterocycles. The van der Waals surface area contributed by atoms with Crippen LogP contribution in [-0.2, 0) is 0 Å². The van der Waals surface area contributed by atoms with E-state index < -0.39 is 0 Å². The van der Waals surface area contributed by atoms with Crippen molar-refractivity contribution in [2.75, 3.05) is 0 Å². The molecule has 3 heteroatoms. The molecule has 0 atom stereocenters. The summed E-state index contributed by atoms with van der Waals surface area (Å²) in [5, 5.41) is 14.7. The highest BCUT2D eigenvalue weighted by atomic mass is 15.0. The summed E-state index contributed by atoms with van der Waals surface area (Å²) in [6, 6.07) is 60.1. The maximum Gasteiger partial charge on any atom is 0.0991 e. The lowest BCUT2D eigenvalue weighted by Gasteiger charge is -2.17. The van der Waals surface area contributed by atoms with Crippen LogP contribution >= 0.6 is 0 Å². The predicted molar refractivity (Wildman–Crippen MR) is 191 cm³/mol. The first-order valence-corrected chi connectivity index (χ1v) is 15.5. The largest absolute Gasteiger partial charge is 0.309 e. The van der Waals surface area contributed by atoms with Crippen LogP contribution in [0.4, 0.5) is 0 Å². The van der Waals surface area contributed by atoms with Crippen LogP contribution in [0, 0.1) is 11.3 Å². The quantitative estimate of drug-likeness (QED) is 0.202. The Morgan fingerprint density at radius 2 is 1.09 bits per heavy atom. The Morgan fingerprint density at radius 3 is 1.87 bits per heavy atom. The number of rotatable bonds is 4. The van der Waals surface area contributed by atoms with Crippen molar-refractivity contribution in [3.8, 4) is 39.7 Å². The van der Waals surface area contributed by atoms with Gasteiger partial charge in [-0.05, 0) is 65.2 Å². The van der Waals surface area contributed by atoms with Crippen molar-refractivity contribution >= 4 is 43.6 Å². The number of hydrogen-bond acceptors (Lipinski definition) is 1. The van der Waals surface area contributed by atoms with Crippen molar-refractivity contribution in [1.82, 2.24) is 9.13 Å². The van der Waals surface area contributed by atoms with Gasteiger partial charge >= 0.3 is 0 Å². The van der Waals surface area contributed by atoms with Gasteiger partial charge in [0.05, 0.1) is 39.4 Å². The number of benzene rings is 7. The van der Waals surface area contributed by atoms with Crippen molar-refractivity contribution in [3.63, 3.8) is 0 Å². The van der Waals surface area contributed by atoms with E-state index in [1.54, 1.807) is 0 Å². The molecule has 0 amide bonds. The SMILES string of the molecule is N#Cc1ccc(-c2ccccc2-n2c3ccccc3c3ccc4c(c5ccccc5n4-c4ccccc4)c32)c(-c2ccccc2)c1. The Hall–Kier alpha value is -6.37. The smallest absolute Gasteiger partial charge is 0.0991 e. The van der Waals surface area contributed by atoms with Gasteiger partial charge in [0, 0.05) is 32.8 Å². The molecule has 9 aromatic rings. The van der Waals surface area contributed by atoms with Crippen LogP contribution in [-0.4, -0.2) is 9.13 Å². The third kappa shape index (κ3) is 3.84. The van der Waals surface area contributed by atoms with E-state index in [-0.39, 0.29) is 0 Å². The summed E-state index contributed by atoms with van der Waals surface area (Å²) in [7, 11) is 0. The molecule has 0 saturated heterocycles. The zero-order chi connectivity index (χ0) is 30.6. The van der Waals surface area contributed by atoms with Crippen LogP contribution < -0.4 is 0 Å². The molecule has 0 aliphatic carbocycles. The first-order valence-electron chi connectivity index (χ1n) is 15.5. The molecule has 0 fully saturated rings. The molecular weight excluding hydrogens is 558 g/mol. The van der Waals surface area contributed by atoms with E-state index in [0.29, 0.717) is 5.56 Å². The van der Waals surface area contributed by atoms with Gasteiger partial charge in [0.15, 0.2) is 0 Å². The average Bonchev–Trinajstić information content (AvgIpc) is 3.65. The number of nitrogens with zero attached hydrogens (tertiary/aromatic N) is 3. The molecule has 0 N–H and O–H groups in total. The van der Waals surface area contributed by atoms with E-state index in [0.717, 1.165) is 39.1 Å². The van der Waals surface area contributed by atoms with E-state index in [1.165, 1.54) is 38.1 Å². The molecule has 0 aliphatic heterocycles. The summed E-state index contributed by atoms with van der Waals surface area (Å²) in [6.07, 6.45) is 0. The molecule has 0 aliphatic rings. The number of aromatic nitrogens is 2. The maximum absolute atomic E-state index is 9.83. The lowest BCUT2D eigenvalue weighted by atomic mass is 9.92. The Kier molecular flexibility index (Phi) is 5.88. The second-order valence-electron chi connectivity index (χ2n) is 11.7. The number of hydrogen-bond donors (Lipinski definition) is 0. The fraction of sp³-hybridized carbons (Fsp3) is 0. The lowest BCUT2D eigenvalue weighted by Crippen LogP contribution is -1.99. The van der Waals surface area contributed by atoms with Crippen molar-refractivity contribution in [1.29, 1.82) is 5.26 Å². The maximum atomic E-state index is 9.83. The minimum Gasteiger partial charge on any atom is -0.309 e. The zero-order valence-corrected chi connectivity index (χ0v) is 24.9. The molecule has 3 nitrogen and oxygen atoms in total. The minimum absolute atomic E-state index is 0.646. The second kappa shape index (κ2) is 10.4. The van der Waals surface area contributed by atoms with Gasteiger partial charge in [-0.3, -0.25) is 0 Å². The summed E-state index contributed by atoms with van der Waals surface area (Å²) in [6.45, 7) is 0. The van der Waals surface area contributed by atoms with Gasteiger partial charge in [-0.1, -0.05) is 115 Å². The lowest BCUT2D eigenvalue weighted by molar-refractivity contribution is 1.17. The van der Waals surface area contributed by atoms with E-state index in [1.807, 2.05) is 18.2 Å². The Balaban J connectivity index is 1.44. The number of fused-ring (bicyclic) bond motifs is 7. The van der Waals surface area contributed by atoms with Gasteiger partial charge in [-0.25, -0.2) is 0 Å². The van der Waals surface area contributed by atoms with Crippen LogP contribution in [0.15, 0.2) is 164 Å². The average molecular weight is 586 g/mol. The summed E-state index contributed by atoms with van der Waals surface area (Å²) in [5.74, 6) is 0. The topological polar surface area (TPSA) is 33.6 Å².